The Morgan fingerprint density at radius 2 is 2.10 bits per heavy atom. The van der Waals surface area contributed by atoms with E-state index >= 15 is 0 Å². The Hall–Kier alpha value is -0.870. The monoisotopic (exact) mass is 292 g/mol. The lowest BCUT2D eigenvalue weighted by Gasteiger charge is -2.44. The van der Waals surface area contributed by atoms with E-state index in [1.165, 1.54) is 12.1 Å². The Morgan fingerprint density at radius 3 is 2.62 bits per heavy atom. The minimum Gasteiger partial charge on any atom is -0.311 e. The zero-order valence-electron chi connectivity index (χ0n) is 14.6. The molecule has 1 N–H and O–H groups in total. The smallest absolute Gasteiger partial charge is 0.0765 e. The van der Waals surface area contributed by atoms with Crippen LogP contribution in [-0.4, -0.2) is 39.9 Å². The summed E-state index contributed by atoms with van der Waals surface area (Å²) in [4.78, 5) is 2.61. The molecule has 1 aromatic rings. The highest BCUT2D eigenvalue weighted by atomic mass is 15.3. The third-order valence-electron chi connectivity index (χ3n) is 4.61. The zero-order valence-corrected chi connectivity index (χ0v) is 14.6. The summed E-state index contributed by atoms with van der Waals surface area (Å²) >= 11 is 0. The van der Waals surface area contributed by atoms with Gasteiger partial charge in [0.25, 0.3) is 0 Å². The molecule has 4 nitrogen and oxygen atoms in total. The maximum absolute atomic E-state index is 4.71. The van der Waals surface area contributed by atoms with Gasteiger partial charge in [0.05, 0.1) is 5.69 Å². The van der Waals surface area contributed by atoms with Gasteiger partial charge in [-0.15, -0.1) is 0 Å². The highest BCUT2D eigenvalue weighted by Crippen LogP contribution is 2.25. The van der Waals surface area contributed by atoms with Crippen molar-refractivity contribution >= 4 is 0 Å². The molecule has 1 aromatic heterocycles. The van der Waals surface area contributed by atoms with E-state index in [4.69, 9.17) is 5.10 Å². The van der Waals surface area contributed by atoms with Crippen LogP contribution in [0.3, 0.4) is 0 Å². The van der Waals surface area contributed by atoms with Crippen molar-refractivity contribution in [2.75, 3.05) is 13.1 Å². The maximum Gasteiger partial charge on any atom is 0.0765 e. The van der Waals surface area contributed by atoms with Crippen LogP contribution in [0.15, 0.2) is 12.3 Å². The van der Waals surface area contributed by atoms with Gasteiger partial charge in [-0.25, -0.2) is 0 Å². The largest absolute Gasteiger partial charge is 0.311 e. The van der Waals surface area contributed by atoms with Crippen molar-refractivity contribution in [3.63, 3.8) is 0 Å². The number of piperazine rings is 1. The lowest BCUT2D eigenvalue weighted by molar-refractivity contribution is 0.0763. The Labute approximate surface area is 129 Å². The number of rotatable bonds is 4. The Morgan fingerprint density at radius 1 is 1.38 bits per heavy atom. The van der Waals surface area contributed by atoms with Crippen molar-refractivity contribution < 1.29 is 0 Å². The first-order chi connectivity index (χ1) is 9.81. The first-order valence-corrected chi connectivity index (χ1v) is 8.32. The van der Waals surface area contributed by atoms with Gasteiger partial charge in [0.15, 0.2) is 0 Å². The number of nitrogens with one attached hydrogen (secondary N) is 1. The van der Waals surface area contributed by atoms with Gasteiger partial charge in [-0.05, 0) is 31.7 Å². The van der Waals surface area contributed by atoms with Gasteiger partial charge < -0.3 is 5.32 Å². The molecule has 0 aliphatic carbocycles. The molecular formula is C17H32N4. The van der Waals surface area contributed by atoms with E-state index in [2.05, 4.69) is 68.7 Å². The lowest BCUT2D eigenvalue weighted by Crippen LogP contribution is -2.59. The molecule has 2 unspecified atom stereocenters. The van der Waals surface area contributed by atoms with Crippen molar-refractivity contribution in [1.29, 1.82) is 0 Å². The summed E-state index contributed by atoms with van der Waals surface area (Å²) in [5.74, 6) is 0. The van der Waals surface area contributed by atoms with E-state index in [1.807, 2.05) is 0 Å². The molecule has 0 radical (unpaired) electrons. The standard InChI is InChI=1S/C17H32N4/c1-7-15-10-18-16(17(4,5)6)12-20(15)11-14-8-9-21(19-14)13(2)3/h8-9,13,15-16,18H,7,10-12H2,1-6H3. The van der Waals surface area contributed by atoms with Crippen LogP contribution >= 0.6 is 0 Å². The van der Waals surface area contributed by atoms with Crippen molar-refractivity contribution in [3.05, 3.63) is 18.0 Å². The number of aromatic nitrogens is 2. The lowest BCUT2D eigenvalue weighted by atomic mass is 9.84. The van der Waals surface area contributed by atoms with Crippen LogP contribution in [0.5, 0.6) is 0 Å². The van der Waals surface area contributed by atoms with Crippen molar-refractivity contribution in [1.82, 2.24) is 20.0 Å². The number of hydrogen-bond donors (Lipinski definition) is 1. The molecule has 0 spiro atoms. The molecule has 21 heavy (non-hydrogen) atoms. The highest BCUT2D eigenvalue weighted by Gasteiger charge is 2.33. The van der Waals surface area contributed by atoms with Gasteiger partial charge in [0.1, 0.15) is 0 Å². The average molecular weight is 292 g/mol. The van der Waals surface area contributed by atoms with Crippen molar-refractivity contribution in [2.24, 2.45) is 5.41 Å². The second-order valence-corrected chi connectivity index (χ2v) is 7.70. The van der Waals surface area contributed by atoms with E-state index in [0.717, 1.165) is 19.6 Å². The number of hydrogen-bond acceptors (Lipinski definition) is 3. The molecule has 120 valence electrons. The molecule has 1 aliphatic heterocycles. The zero-order chi connectivity index (χ0) is 15.6. The van der Waals surface area contributed by atoms with Gasteiger partial charge in [0, 0.05) is 44.0 Å². The molecule has 0 bridgehead atoms. The predicted octanol–water partition coefficient (Wildman–Crippen LogP) is 3.06. The molecule has 2 rings (SSSR count). The summed E-state index contributed by atoms with van der Waals surface area (Å²) in [6.45, 7) is 16.8. The van der Waals surface area contributed by atoms with Gasteiger partial charge >= 0.3 is 0 Å². The van der Waals surface area contributed by atoms with E-state index in [0.29, 0.717) is 23.5 Å². The number of nitrogens with zero attached hydrogens (tertiary/aromatic N) is 3. The summed E-state index contributed by atoms with van der Waals surface area (Å²) in [6, 6.07) is 3.77. The molecule has 1 saturated heterocycles. The fourth-order valence-corrected chi connectivity index (χ4v) is 2.99. The summed E-state index contributed by atoms with van der Waals surface area (Å²) in [5.41, 5.74) is 1.49. The van der Waals surface area contributed by atoms with Crippen LogP contribution in [0, 0.1) is 5.41 Å². The molecule has 1 fully saturated rings. The minimum absolute atomic E-state index is 0.300. The predicted molar refractivity (Wildman–Crippen MR) is 88.3 cm³/mol. The maximum atomic E-state index is 4.71. The van der Waals surface area contributed by atoms with Gasteiger partial charge in [0.2, 0.25) is 0 Å². The first-order valence-electron chi connectivity index (χ1n) is 8.32. The topological polar surface area (TPSA) is 33.1 Å². The fraction of sp³-hybridized carbons (Fsp3) is 0.824. The second-order valence-electron chi connectivity index (χ2n) is 7.70. The SMILES string of the molecule is CCC1CNC(C(C)(C)C)CN1Cc1ccn(C(C)C)n1. The van der Waals surface area contributed by atoms with Gasteiger partial charge in [-0.2, -0.15) is 5.10 Å². The van der Waals surface area contributed by atoms with Crippen molar-refractivity contribution in [2.45, 2.75) is 72.6 Å². The summed E-state index contributed by atoms with van der Waals surface area (Å²) in [7, 11) is 0. The Balaban J connectivity index is 2.06. The second kappa shape index (κ2) is 6.49. The fourth-order valence-electron chi connectivity index (χ4n) is 2.99. The van der Waals surface area contributed by atoms with Crippen LogP contribution in [0.1, 0.15) is 59.7 Å². The molecule has 1 aliphatic rings. The molecule has 0 amide bonds. The molecule has 2 heterocycles. The van der Waals surface area contributed by atoms with Crippen LogP contribution in [0.2, 0.25) is 0 Å². The van der Waals surface area contributed by atoms with E-state index in [9.17, 15) is 0 Å². The van der Waals surface area contributed by atoms with Crippen LogP contribution in [-0.2, 0) is 6.54 Å². The molecule has 2 atom stereocenters. The van der Waals surface area contributed by atoms with E-state index < -0.39 is 0 Å². The normalized spacial score (nSPS) is 24.7. The summed E-state index contributed by atoms with van der Waals surface area (Å²) in [5, 5.41) is 8.45. The summed E-state index contributed by atoms with van der Waals surface area (Å²) in [6.07, 6.45) is 3.29. The van der Waals surface area contributed by atoms with Crippen LogP contribution in [0.4, 0.5) is 0 Å². The van der Waals surface area contributed by atoms with Gasteiger partial charge in [-0.3, -0.25) is 9.58 Å². The van der Waals surface area contributed by atoms with E-state index in [-0.39, 0.29) is 0 Å². The van der Waals surface area contributed by atoms with Crippen LogP contribution < -0.4 is 5.32 Å². The van der Waals surface area contributed by atoms with E-state index in [1.54, 1.807) is 0 Å². The Bertz CT molecular complexity index is 444. The quantitative estimate of drug-likeness (QED) is 0.926. The average Bonchev–Trinajstić information content (AvgIpc) is 2.86. The van der Waals surface area contributed by atoms with Crippen molar-refractivity contribution in [3.8, 4) is 0 Å². The third kappa shape index (κ3) is 4.07. The highest BCUT2D eigenvalue weighted by molar-refractivity contribution is 5.02. The molecule has 0 aromatic carbocycles. The Kier molecular flexibility index (Phi) is 5.10. The van der Waals surface area contributed by atoms with Gasteiger partial charge in [-0.1, -0.05) is 27.7 Å². The third-order valence-corrected chi connectivity index (χ3v) is 4.61. The van der Waals surface area contributed by atoms with Crippen LogP contribution in [0.25, 0.3) is 0 Å². The molecule has 0 saturated carbocycles. The summed E-state index contributed by atoms with van der Waals surface area (Å²) < 4.78 is 2.06. The molecule has 4 heteroatoms. The minimum atomic E-state index is 0.300. The molecular weight excluding hydrogens is 260 g/mol. The first kappa shape index (κ1) is 16.5.